The first-order chi connectivity index (χ1) is 9.94. The number of nitrogens with two attached hydrogens (primary N) is 1. The minimum Gasteiger partial charge on any atom is -0.392 e. The van der Waals surface area contributed by atoms with Gasteiger partial charge in [0.1, 0.15) is 5.54 Å². The van der Waals surface area contributed by atoms with Gasteiger partial charge in [-0.05, 0) is 31.2 Å². The topological polar surface area (TPSA) is 75.3 Å². The maximum absolute atomic E-state index is 12.1. The Hall–Kier alpha value is -1.04. The number of primary amides is 1. The number of aliphatic hydroxyl groups is 1. The molecule has 1 rings (SSSR count). The molecule has 21 heavy (non-hydrogen) atoms. The zero-order chi connectivity index (χ0) is 15.9. The molecule has 5 heteroatoms. The Bertz CT molecular complexity index is 439. The Kier molecular flexibility index (Phi) is 7.22. The van der Waals surface area contributed by atoms with Crippen LogP contribution in [0.25, 0.3) is 0 Å². The molecule has 0 heterocycles. The van der Waals surface area contributed by atoms with E-state index in [-0.39, 0.29) is 17.3 Å². The van der Waals surface area contributed by atoms with Gasteiger partial charge in [0.15, 0.2) is 0 Å². The van der Waals surface area contributed by atoms with E-state index in [1.165, 1.54) is 0 Å². The SMILES string of the molecule is CCNC(CCSC(C)C(C)O)(C(N)=O)c1ccccc1. The van der Waals surface area contributed by atoms with Crippen molar-refractivity contribution in [3.05, 3.63) is 35.9 Å². The average molecular weight is 310 g/mol. The first-order valence-electron chi connectivity index (χ1n) is 7.34. The van der Waals surface area contributed by atoms with Gasteiger partial charge in [0.05, 0.1) is 6.10 Å². The second-order valence-corrected chi connectivity index (χ2v) is 6.72. The van der Waals surface area contributed by atoms with Crippen LogP contribution in [0.2, 0.25) is 0 Å². The van der Waals surface area contributed by atoms with Gasteiger partial charge in [-0.25, -0.2) is 0 Å². The van der Waals surface area contributed by atoms with E-state index >= 15 is 0 Å². The Labute approximate surface area is 131 Å². The summed E-state index contributed by atoms with van der Waals surface area (Å²) in [5.41, 5.74) is 5.75. The van der Waals surface area contributed by atoms with Crippen LogP contribution in [0.5, 0.6) is 0 Å². The molecule has 118 valence electrons. The van der Waals surface area contributed by atoms with Gasteiger partial charge < -0.3 is 10.8 Å². The normalized spacial score (nSPS) is 17.0. The van der Waals surface area contributed by atoms with Gasteiger partial charge in [-0.2, -0.15) is 11.8 Å². The molecule has 1 aromatic rings. The summed E-state index contributed by atoms with van der Waals surface area (Å²) in [6.07, 6.45) is 0.232. The number of thioether (sulfide) groups is 1. The van der Waals surface area contributed by atoms with Crippen LogP contribution in [-0.2, 0) is 10.3 Å². The minimum atomic E-state index is -0.846. The lowest BCUT2D eigenvalue weighted by molar-refractivity contribution is -0.124. The number of benzene rings is 1. The maximum Gasteiger partial charge on any atom is 0.242 e. The molecular formula is C16H26N2O2S. The highest BCUT2D eigenvalue weighted by Crippen LogP contribution is 2.28. The van der Waals surface area contributed by atoms with E-state index in [1.807, 2.05) is 44.2 Å². The Morgan fingerprint density at radius 1 is 1.38 bits per heavy atom. The number of rotatable bonds is 9. The molecule has 3 atom stereocenters. The third kappa shape index (κ3) is 4.73. The van der Waals surface area contributed by atoms with Crippen molar-refractivity contribution in [2.75, 3.05) is 12.3 Å². The molecule has 3 unspecified atom stereocenters. The lowest BCUT2D eigenvalue weighted by Crippen LogP contribution is -2.53. The molecule has 1 amide bonds. The van der Waals surface area contributed by atoms with Gasteiger partial charge in [0, 0.05) is 5.25 Å². The second kappa shape index (κ2) is 8.41. The molecule has 4 nitrogen and oxygen atoms in total. The van der Waals surface area contributed by atoms with E-state index in [9.17, 15) is 9.90 Å². The zero-order valence-corrected chi connectivity index (χ0v) is 13.8. The van der Waals surface area contributed by atoms with Crippen LogP contribution >= 0.6 is 11.8 Å². The Balaban J connectivity index is 2.90. The van der Waals surface area contributed by atoms with E-state index in [2.05, 4.69) is 5.32 Å². The fourth-order valence-electron chi connectivity index (χ4n) is 2.25. The van der Waals surface area contributed by atoms with Gasteiger partial charge >= 0.3 is 0 Å². The van der Waals surface area contributed by atoms with Crippen molar-refractivity contribution in [1.82, 2.24) is 5.32 Å². The number of carbonyl (C=O) groups excluding carboxylic acids is 1. The summed E-state index contributed by atoms with van der Waals surface area (Å²) in [6.45, 7) is 6.39. The second-order valence-electron chi connectivity index (χ2n) is 5.23. The summed E-state index contributed by atoms with van der Waals surface area (Å²) < 4.78 is 0. The van der Waals surface area contributed by atoms with Crippen LogP contribution in [-0.4, -0.2) is 34.7 Å². The van der Waals surface area contributed by atoms with Gasteiger partial charge in [0.25, 0.3) is 0 Å². The molecule has 0 aliphatic heterocycles. The highest BCUT2D eigenvalue weighted by atomic mass is 32.2. The van der Waals surface area contributed by atoms with E-state index in [0.717, 1.165) is 11.3 Å². The molecular weight excluding hydrogens is 284 g/mol. The van der Waals surface area contributed by atoms with Crippen LogP contribution in [0.1, 0.15) is 32.8 Å². The highest BCUT2D eigenvalue weighted by molar-refractivity contribution is 7.99. The smallest absolute Gasteiger partial charge is 0.242 e. The van der Waals surface area contributed by atoms with Crippen LogP contribution in [0.15, 0.2) is 30.3 Å². The summed E-state index contributed by atoms with van der Waals surface area (Å²) in [5.74, 6) is 0.387. The average Bonchev–Trinajstić information content (AvgIpc) is 2.46. The van der Waals surface area contributed by atoms with Crippen molar-refractivity contribution < 1.29 is 9.90 Å². The van der Waals surface area contributed by atoms with Crippen LogP contribution in [0, 0.1) is 0 Å². The Morgan fingerprint density at radius 3 is 2.48 bits per heavy atom. The summed E-state index contributed by atoms with van der Waals surface area (Å²) in [5, 5.41) is 12.9. The van der Waals surface area contributed by atoms with Crippen LogP contribution < -0.4 is 11.1 Å². The molecule has 1 aromatic carbocycles. The molecule has 0 aromatic heterocycles. The standard InChI is InChI=1S/C16H26N2O2S/c1-4-18-16(15(17)20,14-8-6-5-7-9-14)10-11-21-13(3)12(2)19/h5-9,12-13,18-19H,4,10-11H2,1-3H3,(H2,17,20). The first-order valence-corrected chi connectivity index (χ1v) is 8.39. The first kappa shape index (κ1) is 18.0. The lowest BCUT2D eigenvalue weighted by Gasteiger charge is -2.32. The van der Waals surface area contributed by atoms with Gasteiger partial charge in [-0.15, -0.1) is 0 Å². The molecule has 0 spiro atoms. The van der Waals surface area contributed by atoms with Gasteiger partial charge in [0.2, 0.25) is 5.91 Å². The largest absolute Gasteiger partial charge is 0.392 e. The number of hydrogen-bond acceptors (Lipinski definition) is 4. The molecule has 0 fully saturated rings. The molecule has 0 radical (unpaired) electrons. The van der Waals surface area contributed by atoms with Crippen LogP contribution in [0.3, 0.4) is 0 Å². The molecule has 0 saturated heterocycles. The third-order valence-electron chi connectivity index (χ3n) is 3.70. The van der Waals surface area contributed by atoms with Crippen molar-refractivity contribution >= 4 is 17.7 Å². The summed E-state index contributed by atoms with van der Waals surface area (Å²) in [7, 11) is 0. The summed E-state index contributed by atoms with van der Waals surface area (Å²) >= 11 is 1.65. The highest BCUT2D eigenvalue weighted by Gasteiger charge is 2.37. The van der Waals surface area contributed by atoms with Gasteiger partial charge in [-0.3, -0.25) is 10.1 Å². The van der Waals surface area contributed by atoms with Crippen molar-refractivity contribution in [3.8, 4) is 0 Å². The number of nitrogens with one attached hydrogen (secondary N) is 1. The predicted octanol–water partition coefficient (Wildman–Crippen LogP) is 1.87. The maximum atomic E-state index is 12.1. The van der Waals surface area contributed by atoms with Crippen molar-refractivity contribution in [2.45, 2.75) is 44.1 Å². The predicted molar refractivity (Wildman–Crippen MR) is 89.2 cm³/mol. The molecule has 4 N–H and O–H groups in total. The number of aliphatic hydroxyl groups excluding tert-OH is 1. The van der Waals surface area contributed by atoms with E-state index in [0.29, 0.717) is 13.0 Å². The molecule has 0 saturated carbocycles. The fraction of sp³-hybridized carbons (Fsp3) is 0.562. The quantitative estimate of drug-likeness (QED) is 0.651. The number of hydrogen-bond donors (Lipinski definition) is 3. The van der Waals surface area contributed by atoms with Crippen molar-refractivity contribution in [2.24, 2.45) is 5.73 Å². The molecule has 0 aliphatic rings. The van der Waals surface area contributed by atoms with Crippen molar-refractivity contribution in [1.29, 1.82) is 0 Å². The summed E-state index contributed by atoms with van der Waals surface area (Å²) in [6, 6.07) is 9.60. The lowest BCUT2D eigenvalue weighted by atomic mass is 9.86. The number of likely N-dealkylation sites (N-methyl/N-ethyl adjacent to an activating group) is 1. The third-order valence-corrected chi connectivity index (χ3v) is 5.06. The number of amides is 1. The van der Waals surface area contributed by atoms with Crippen molar-refractivity contribution in [3.63, 3.8) is 0 Å². The zero-order valence-electron chi connectivity index (χ0n) is 13.0. The van der Waals surface area contributed by atoms with E-state index in [1.54, 1.807) is 18.7 Å². The van der Waals surface area contributed by atoms with Crippen LogP contribution in [0.4, 0.5) is 0 Å². The summed E-state index contributed by atoms with van der Waals surface area (Å²) in [4.78, 5) is 12.1. The minimum absolute atomic E-state index is 0.132. The number of carbonyl (C=O) groups is 1. The van der Waals surface area contributed by atoms with Gasteiger partial charge in [-0.1, -0.05) is 44.2 Å². The molecule has 0 aliphatic carbocycles. The van der Waals surface area contributed by atoms with E-state index in [4.69, 9.17) is 5.73 Å². The fourth-order valence-corrected chi connectivity index (χ4v) is 3.32. The monoisotopic (exact) mass is 310 g/mol. The Morgan fingerprint density at radius 2 is 2.00 bits per heavy atom. The molecule has 0 bridgehead atoms. The van der Waals surface area contributed by atoms with E-state index < -0.39 is 5.54 Å².